The molecule has 2 N–H and O–H groups in total. The number of hydrogen-bond donors (Lipinski definition) is 2. The fourth-order valence-corrected chi connectivity index (χ4v) is 3.58. The van der Waals surface area contributed by atoms with Gasteiger partial charge in [0.2, 0.25) is 0 Å². The molecule has 2 aliphatic heterocycles. The van der Waals surface area contributed by atoms with Crippen molar-refractivity contribution in [3.63, 3.8) is 0 Å². The molecule has 2 rings (SSSR count). The SMILES string of the molecule is CC[C@@H]1OCC[C@H]1NCC(C)CC1C[C@@H](NCC(C)C)CO1. The van der Waals surface area contributed by atoms with Crippen LogP contribution in [0.2, 0.25) is 0 Å². The topological polar surface area (TPSA) is 42.5 Å². The normalized spacial score (nSPS) is 33.7. The van der Waals surface area contributed by atoms with Crippen LogP contribution in [-0.4, -0.2) is 50.6 Å². The summed E-state index contributed by atoms with van der Waals surface area (Å²) in [7, 11) is 0. The summed E-state index contributed by atoms with van der Waals surface area (Å²) in [5, 5.41) is 7.33. The van der Waals surface area contributed by atoms with Crippen molar-refractivity contribution in [3.8, 4) is 0 Å². The summed E-state index contributed by atoms with van der Waals surface area (Å²) in [6.07, 6.45) is 5.45. The van der Waals surface area contributed by atoms with Gasteiger partial charge in [-0.15, -0.1) is 0 Å². The largest absolute Gasteiger partial charge is 0.377 e. The molecule has 22 heavy (non-hydrogen) atoms. The highest BCUT2D eigenvalue weighted by atomic mass is 16.5. The average Bonchev–Trinajstić information content (AvgIpc) is 3.11. The summed E-state index contributed by atoms with van der Waals surface area (Å²) in [6.45, 7) is 13.0. The lowest BCUT2D eigenvalue weighted by Crippen LogP contribution is -2.39. The molecule has 0 aromatic heterocycles. The zero-order chi connectivity index (χ0) is 15.9. The van der Waals surface area contributed by atoms with Crippen LogP contribution in [0.5, 0.6) is 0 Å². The molecule has 2 unspecified atom stereocenters. The molecule has 0 bridgehead atoms. The maximum absolute atomic E-state index is 5.97. The first-order valence-electron chi connectivity index (χ1n) is 9.28. The molecule has 0 saturated carbocycles. The van der Waals surface area contributed by atoms with Crippen molar-refractivity contribution in [2.45, 2.75) is 77.7 Å². The molecule has 2 heterocycles. The second-order valence-corrected chi connectivity index (χ2v) is 7.65. The van der Waals surface area contributed by atoms with Crippen molar-refractivity contribution in [1.82, 2.24) is 10.6 Å². The molecule has 2 saturated heterocycles. The Balaban J connectivity index is 1.60. The molecule has 0 aromatic rings. The van der Waals surface area contributed by atoms with Crippen molar-refractivity contribution in [1.29, 1.82) is 0 Å². The number of hydrogen-bond acceptors (Lipinski definition) is 4. The highest BCUT2D eigenvalue weighted by molar-refractivity contribution is 4.84. The Bertz CT molecular complexity index is 311. The molecular weight excluding hydrogens is 276 g/mol. The lowest BCUT2D eigenvalue weighted by molar-refractivity contribution is 0.0841. The van der Waals surface area contributed by atoms with Gasteiger partial charge in [-0.05, 0) is 50.6 Å². The monoisotopic (exact) mass is 312 g/mol. The third-order valence-electron chi connectivity index (χ3n) is 4.90. The van der Waals surface area contributed by atoms with Crippen LogP contribution in [0.1, 0.15) is 53.4 Å². The van der Waals surface area contributed by atoms with Gasteiger partial charge < -0.3 is 20.1 Å². The Kier molecular flexibility index (Phi) is 7.61. The van der Waals surface area contributed by atoms with E-state index in [1.165, 1.54) is 6.42 Å². The zero-order valence-electron chi connectivity index (χ0n) is 14.9. The van der Waals surface area contributed by atoms with Crippen LogP contribution in [0.4, 0.5) is 0 Å². The van der Waals surface area contributed by atoms with E-state index in [-0.39, 0.29) is 0 Å². The van der Waals surface area contributed by atoms with E-state index in [1.807, 2.05) is 0 Å². The minimum atomic E-state index is 0.416. The molecule has 0 spiro atoms. The maximum Gasteiger partial charge on any atom is 0.0726 e. The van der Waals surface area contributed by atoms with E-state index in [0.717, 1.165) is 45.6 Å². The number of ether oxygens (including phenoxy) is 2. The van der Waals surface area contributed by atoms with E-state index in [2.05, 4.69) is 38.3 Å². The lowest BCUT2D eigenvalue weighted by Gasteiger charge is -2.22. The van der Waals surface area contributed by atoms with Gasteiger partial charge in [0.25, 0.3) is 0 Å². The fraction of sp³-hybridized carbons (Fsp3) is 1.00. The molecule has 0 amide bonds. The van der Waals surface area contributed by atoms with Crippen molar-refractivity contribution in [3.05, 3.63) is 0 Å². The van der Waals surface area contributed by atoms with Gasteiger partial charge in [0, 0.05) is 18.7 Å². The smallest absolute Gasteiger partial charge is 0.0726 e. The van der Waals surface area contributed by atoms with Crippen LogP contribution in [0, 0.1) is 11.8 Å². The molecule has 0 radical (unpaired) electrons. The first kappa shape index (κ1) is 18.2. The summed E-state index contributed by atoms with van der Waals surface area (Å²) in [5.74, 6) is 1.37. The summed E-state index contributed by atoms with van der Waals surface area (Å²) < 4.78 is 11.7. The summed E-state index contributed by atoms with van der Waals surface area (Å²) in [6, 6.07) is 1.11. The van der Waals surface area contributed by atoms with Gasteiger partial charge in [0.15, 0.2) is 0 Å². The molecule has 4 heteroatoms. The molecule has 2 fully saturated rings. The Morgan fingerprint density at radius 2 is 1.91 bits per heavy atom. The number of nitrogens with one attached hydrogen (secondary N) is 2. The highest BCUT2D eigenvalue weighted by Crippen LogP contribution is 2.21. The first-order chi connectivity index (χ1) is 10.6. The van der Waals surface area contributed by atoms with Crippen LogP contribution >= 0.6 is 0 Å². The minimum Gasteiger partial charge on any atom is -0.377 e. The van der Waals surface area contributed by atoms with Gasteiger partial charge in [-0.1, -0.05) is 27.7 Å². The van der Waals surface area contributed by atoms with E-state index >= 15 is 0 Å². The van der Waals surface area contributed by atoms with Crippen LogP contribution < -0.4 is 10.6 Å². The van der Waals surface area contributed by atoms with Gasteiger partial charge in [-0.25, -0.2) is 0 Å². The Labute approximate surface area is 136 Å². The van der Waals surface area contributed by atoms with E-state index in [1.54, 1.807) is 0 Å². The van der Waals surface area contributed by atoms with Gasteiger partial charge in [-0.2, -0.15) is 0 Å². The quantitative estimate of drug-likeness (QED) is 0.687. The third-order valence-corrected chi connectivity index (χ3v) is 4.90. The molecule has 4 nitrogen and oxygen atoms in total. The van der Waals surface area contributed by atoms with Gasteiger partial charge in [0.05, 0.1) is 18.8 Å². The van der Waals surface area contributed by atoms with E-state index in [0.29, 0.717) is 36.1 Å². The Morgan fingerprint density at radius 1 is 1.09 bits per heavy atom. The standard InChI is InChI=1S/C18H36N2O2/c1-5-18-17(6-7-21-18)20-11-14(4)8-16-9-15(12-22-16)19-10-13(2)3/h13-20H,5-12H2,1-4H3/t14?,15-,16?,17-,18+/m1/s1. The molecule has 130 valence electrons. The van der Waals surface area contributed by atoms with Crippen molar-refractivity contribution >= 4 is 0 Å². The minimum absolute atomic E-state index is 0.416. The van der Waals surface area contributed by atoms with Crippen molar-refractivity contribution in [2.24, 2.45) is 11.8 Å². The maximum atomic E-state index is 5.97. The van der Waals surface area contributed by atoms with Gasteiger partial charge >= 0.3 is 0 Å². The van der Waals surface area contributed by atoms with Crippen molar-refractivity contribution in [2.75, 3.05) is 26.3 Å². The predicted octanol–water partition coefficient (Wildman–Crippen LogP) is 2.57. The van der Waals surface area contributed by atoms with Crippen LogP contribution in [0.3, 0.4) is 0 Å². The summed E-state index contributed by atoms with van der Waals surface area (Å²) in [5.41, 5.74) is 0. The Morgan fingerprint density at radius 3 is 2.64 bits per heavy atom. The predicted molar refractivity (Wildman–Crippen MR) is 91.2 cm³/mol. The fourth-order valence-electron chi connectivity index (χ4n) is 3.58. The second-order valence-electron chi connectivity index (χ2n) is 7.65. The van der Waals surface area contributed by atoms with Crippen molar-refractivity contribution < 1.29 is 9.47 Å². The number of rotatable bonds is 9. The molecule has 5 atom stereocenters. The van der Waals surface area contributed by atoms with Gasteiger partial charge in [0.1, 0.15) is 0 Å². The van der Waals surface area contributed by atoms with Crippen LogP contribution in [-0.2, 0) is 9.47 Å². The lowest BCUT2D eigenvalue weighted by atomic mass is 9.99. The van der Waals surface area contributed by atoms with Crippen LogP contribution in [0.15, 0.2) is 0 Å². The van der Waals surface area contributed by atoms with E-state index in [4.69, 9.17) is 9.47 Å². The third kappa shape index (κ3) is 5.80. The molecule has 2 aliphatic rings. The van der Waals surface area contributed by atoms with Gasteiger partial charge in [-0.3, -0.25) is 0 Å². The molecular formula is C18H36N2O2. The second kappa shape index (κ2) is 9.21. The summed E-state index contributed by atoms with van der Waals surface area (Å²) in [4.78, 5) is 0. The van der Waals surface area contributed by atoms with E-state index in [9.17, 15) is 0 Å². The summed E-state index contributed by atoms with van der Waals surface area (Å²) >= 11 is 0. The molecule has 0 aliphatic carbocycles. The average molecular weight is 312 g/mol. The zero-order valence-corrected chi connectivity index (χ0v) is 14.9. The van der Waals surface area contributed by atoms with Crippen LogP contribution in [0.25, 0.3) is 0 Å². The Hall–Kier alpha value is -0.160. The van der Waals surface area contributed by atoms with E-state index < -0.39 is 0 Å². The molecule has 0 aromatic carbocycles. The highest BCUT2D eigenvalue weighted by Gasteiger charge is 2.29. The first-order valence-corrected chi connectivity index (χ1v) is 9.28.